The van der Waals surface area contributed by atoms with E-state index in [9.17, 15) is 4.79 Å². The standard InChI is InChI=1S/C24H22BrNO4S/c1-15-4-6-19(7-5-15)24-26-17(3)22(31-24)14-29-20-10-8-18(9-11-23(27)28)21(12-20)30-13-16(2)25/h4-12H,2,13-14H2,1,3H3,(H,27,28)/b11-9+. The molecule has 3 aromatic rings. The van der Waals surface area contributed by atoms with Crippen molar-refractivity contribution in [2.75, 3.05) is 6.61 Å². The van der Waals surface area contributed by atoms with Crippen LogP contribution in [-0.4, -0.2) is 22.7 Å². The predicted molar refractivity (Wildman–Crippen MR) is 128 cm³/mol. The van der Waals surface area contributed by atoms with Crippen LogP contribution in [0.2, 0.25) is 0 Å². The predicted octanol–water partition coefficient (Wildman–Crippen LogP) is 6.39. The van der Waals surface area contributed by atoms with Crippen molar-refractivity contribution in [1.29, 1.82) is 0 Å². The van der Waals surface area contributed by atoms with Gasteiger partial charge in [0.1, 0.15) is 29.7 Å². The van der Waals surface area contributed by atoms with E-state index >= 15 is 0 Å². The SMILES string of the molecule is C=C(Br)COc1cc(OCc2sc(-c3ccc(C)cc3)nc2C)ccc1/C=C/C(=O)O. The molecule has 0 unspecified atom stereocenters. The third-order valence-corrected chi connectivity index (χ3v) is 5.74. The fraction of sp³-hybridized carbons (Fsp3) is 0.167. The van der Waals surface area contributed by atoms with Crippen molar-refractivity contribution in [1.82, 2.24) is 4.98 Å². The Morgan fingerprint density at radius 2 is 1.94 bits per heavy atom. The van der Waals surface area contributed by atoms with E-state index < -0.39 is 5.97 Å². The third-order valence-electron chi connectivity index (χ3n) is 4.34. The summed E-state index contributed by atoms with van der Waals surface area (Å²) in [4.78, 5) is 16.6. The summed E-state index contributed by atoms with van der Waals surface area (Å²) in [6.07, 6.45) is 2.55. The Morgan fingerprint density at radius 1 is 1.19 bits per heavy atom. The molecule has 31 heavy (non-hydrogen) atoms. The number of carbonyl (C=O) groups is 1. The Balaban J connectivity index is 1.76. The Morgan fingerprint density at radius 3 is 2.61 bits per heavy atom. The molecule has 0 bridgehead atoms. The van der Waals surface area contributed by atoms with Gasteiger partial charge in [-0.05, 0) is 32.1 Å². The smallest absolute Gasteiger partial charge is 0.328 e. The summed E-state index contributed by atoms with van der Waals surface area (Å²) in [6, 6.07) is 13.6. The van der Waals surface area contributed by atoms with Crippen LogP contribution in [0.25, 0.3) is 16.6 Å². The largest absolute Gasteiger partial charge is 0.488 e. The average molecular weight is 500 g/mol. The summed E-state index contributed by atoms with van der Waals surface area (Å²) >= 11 is 4.87. The maximum Gasteiger partial charge on any atom is 0.328 e. The van der Waals surface area contributed by atoms with Gasteiger partial charge in [-0.3, -0.25) is 0 Å². The Labute approximate surface area is 193 Å². The van der Waals surface area contributed by atoms with Crippen LogP contribution < -0.4 is 9.47 Å². The molecular weight excluding hydrogens is 478 g/mol. The van der Waals surface area contributed by atoms with Crippen molar-refractivity contribution in [3.8, 4) is 22.1 Å². The molecule has 0 spiro atoms. The highest BCUT2D eigenvalue weighted by Gasteiger charge is 2.11. The highest BCUT2D eigenvalue weighted by atomic mass is 79.9. The number of carboxylic acids is 1. The van der Waals surface area contributed by atoms with E-state index in [1.165, 1.54) is 11.6 Å². The van der Waals surface area contributed by atoms with Crippen molar-refractivity contribution in [2.24, 2.45) is 0 Å². The first-order valence-electron chi connectivity index (χ1n) is 9.49. The fourth-order valence-corrected chi connectivity index (χ4v) is 3.81. The number of halogens is 1. The molecule has 0 aliphatic heterocycles. The Hall–Kier alpha value is -2.90. The van der Waals surface area contributed by atoms with Gasteiger partial charge in [0, 0.05) is 27.8 Å². The number of nitrogens with zero attached hydrogens (tertiary/aromatic N) is 1. The number of hydrogen-bond acceptors (Lipinski definition) is 5. The molecule has 5 nitrogen and oxygen atoms in total. The van der Waals surface area contributed by atoms with Gasteiger partial charge in [0.05, 0.1) is 10.6 Å². The molecule has 0 radical (unpaired) electrons. The zero-order valence-electron chi connectivity index (χ0n) is 17.2. The minimum Gasteiger partial charge on any atom is -0.488 e. The lowest BCUT2D eigenvalue weighted by Crippen LogP contribution is -2.00. The van der Waals surface area contributed by atoms with E-state index in [2.05, 4.69) is 58.7 Å². The molecule has 1 aromatic heterocycles. The minimum absolute atomic E-state index is 0.255. The van der Waals surface area contributed by atoms with Gasteiger partial charge in [-0.25, -0.2) is 9.78 Å². The van der Waals surface area contributed by atoms with Crippen molar-refractivity contribution >= 4 is 39.3 Å². The van der Waals surface area contributed by atoms with Crippen LogP contribution in [-0.2, 0) is 11.4 Å². The summed E-state index contributed by atoms with van der Waals surface area (Å²) in [5.41, 5.74) is 3.88. The molecule has 0 aliphatic carbocycles. The molecule has 0 amide bonds. The molecule has 0 saturated heterocycles. The lowest BCUT2D eigenvalue weighted by atomic mass is 10.1. The molecule has 1 heterocycles. The molecule has 7 heteroatoms. The fourth-order valence-electron chi connectivity index (χ4n) is 2.71. The first-order valence-corrected chi connectivity index (χ1v) is 11.1. The molecule has 0 aliphatic rings. The molecule has 2 aromatic carbocycles. The first kappa shape index (κ1) is 22.8. The Kier molecular flexibility index (Phi) is 7.65. The number of benzene rings is 2. The lowest BCUT2D eigenvalue weighted by molar-refractivity contribution is -0.131. The van der Waals surface area contributed by atoms with Crippen LogP contribution in [0.4, 0.5) is 0 Å². The van der Waals surface area contributed by atoms with E-state index in [1.54, 1.807) is 29.5 Å². The van der Waals surface area contributed by atoms with Crippen LogP contribution in [0.3, 0.4) is 0 Å². The van der Waals surface area contributed by atoms with Crippen LogP contribution in [0.5, 0.6) is 11.5 Å². The first-order chi connectivity index (χ1) is 14.8. The number of ether oxygens (including phenoxy) is 2. The number of aliphatic carboxylic acids is 1. The number of hydrogen-bond donors (Lipinski definition) is 1. The average Bonchev–Trinajstić information content (AvgIpc) is 3.10. The highest BCUT2D eigenvalue weighted by Crippen LogP contribution is 2.31. The molecule has 0 atom stereocenters. The number of aromatic nitrogens is 1. The van der Waals surface area contributed by atoms with E-state index in [0.717, 1.165) is 27.2 Å². The van der Waals surface area contributed by atoms with E-state index in [1.807, 2.05) is 6.92 Å². The summed E-state index contributed by atoms with van der Waals surface area (Å²) in [6.45, 7) is 8.43. The van der Waals surface area contributed by atoms with Gasteiger partial charge in [0.2, 0.25) is 0 Å². The second-order valence-electron chi connectivity index (χ2n) is 6.86. The van der Waals surface area contributed by atoms with Gasteiger partial charge < -0.3 is 14.6 Å². The maximum absolute atomic E-state index is 10.9. The summed E-state index contributed by atoms with van der Waals surface area (Å²) in [5.74, 6) is 0.102. The van der Waals surface area contributed by atoms with Crippen molar-refractivity contribution in [3.05, 3.63) is 81.3 Å². The monoisotopic (exact) mass is 499 g/mol. The zero-order valence-corrected chi connectivity index (χ0v) is 19.6. The van der Waals surface area contributed by atoms with Gasteiger partial charge in [-0.1, -0.05) is 52.3 Å². The van der Waals surface area contributed by atoms with E-state index in [-0.39, 0.29) is 6.61 Å². The van der Waals surface area contributed by atoms with Crippen molar-refractivity contribution < 1.29 is 19.4 Å². The summed E-state index contributed by atoms with van der Waals surface area (Å²) in [5, 5.41) is 9.86. The van der Waals surface area contributed by atoms with Gasteiger partial charge in [0.25, 0.3) is 0 Å². The van der Waals surface area contributed by atoms with Gasteiger partial charge in [-0.15, -0.1) is 11.3 Å². The molecular formula is C24H22BrNO4S. The lowest BCUT2D eigenvalue weighted by Gasteiger charge is -2.12. The molecule has 0 saturated carbocycles. The molecule has 3 rings (SSSR count). The summed E-state index contributed by atoms with van der Waals surface area (Å²) < 4.78 is 12.4. The second kappa shape index (κ2) is 10.4. The normalized spacial score (nSPS) is 10.9. The zero-order chi connectivity index (χ0) is 22.4. The van der Waals surface area contributed by atoms with Crippen LogP contribution in [0, 0.1) is 13.8 Å². The third kappa shape index (κ3) is 6.54. The topological polar surface area (TPSA) is 68.7 Å². The maximum atomic E-state index is 10.9. The second-order valence-corrected chi connectivity index (χ2v) is 9.06. The van der Waals surface area contributed by atoms with Crippen LogP contribution in [0.15, 0.2) is 59.6 Å². The Bertz CT molecular complexity index is 1120. The number of aryl methyl sites for hydroxylation is 2. The van der Waals surface area contributed by atoms with Gasteiger partial charge in [-0.2, -0.15) is 0 Å². The van der Waals surface area contributed by atoms with Crippen LogP contribution in [0.1, 0.15) is 21.7 Å². The summed E-state index contributed by atoms with van der Waals surface area (Å²) in [7, 11) is 0. The minimum atomic E-state index is -1.03. The molecule has 0 fully saturated rings. The van der Waals surface area contributed by atoms with Crippen molar-refractivity contribution in [3.63, 3.8) is 0 Å². The molecule has 1 N–H and O–H groups in total. The number of thiazole rings is 1. The van der Waals surface area contributed by atoms with E-state index in [4.69, 9.17) is 14.6 Å². The highest BCUT2D eigenvalue weighted by molar-refractivity contribution is 9.11. The van der Waals surface area contributed by atoms with Gasteiger partial charge >= 0.3 is 5.97 Å². The van der Waals surface area contributed by atoms with E-state index in [0.29, 0.717) is 28.2 Å². The van der Waals surface area contributed by atoms with Gasteiger partial charge in [0.15, 0.2) is 0 Å². The number of carboxylic acid groups (broad SMARTS) is 1. The molecule has 160 valence electrons. The number of rotatable bonds is 9. The van der Waals surface area contributed by atoms with Crippen molar-refractivity contribution in [2.45, 2.75) is 20.5 Å². The quantitative estimate of drug-likeness (QED) is 0.345. The van der Waals surface area contributed by atoms with Crippen LogP contribution >= 0.6 is 27.3 Å².